The third kappa shape index (κ3) is 7.70. The van der Waals surface area contributed by atoms with E-state index < -0.39 is 42.4 Å². The van der Waals surface area contributed by atoms with Crippen LogP contribution in [0.25, 0.3) is 11.1 Å². The zero-order valence-electron chi connectivity index (χ0n) is 22.9. The van der Waals surface area contributed by atoms with Crippen molar-refractivity contribution < 1.29 is 33.8 Å². The van der Waals surface area contributed by atoms with E-state index in [0.29, 0.717) is 0 Å². The Hall–Kier alpha value is -4.70. The lowest BCUT2D eigenvalue weighted by Gasteiger charge is -2.23. The number of benzene rings is 3. The predicted molar refractivity (Wildman–Crippen MR) is 151 cm³/mol. The van der Waals surface area contributed by atoms with Crippen LogP contribution in [0.4, 0.5) is 4.79 Å². The van der Waals surface area contributed by atoms with Gasteiger partial charge in [0.2, 0.25) is 5.91 Å². The van der Waals surface area contributed by atoms with E-state index in [1.165, 1.54) is 0 Å². The number of nitrogens with zero attached hydrogens (tertiary/aromatic N) is 1. The van der Waals surface area contributed by atoms with Crippen molar-refractivity contribution in [3.63, 3.8) is 0 Å². The SMILES string of the molecule is CN(C)C[C@H](NC(=O)[C@H](CC(=O)OCc1ccccc1)NC(=O)OCC1c2ccccc2-c2ccccc21)C(=O)O. The molecule has 10 nitrogen and oxygen atoms in total. The summed E-state index contributed by atoms with van der Waals surface area (Å²) in [7, 11) is 3.32. The quantitative estimate of drug-likeness (QED) is 0.288. The summed E-state index contributed by atoms with van der Waals surface area (Å²) in [4.78, 5) is 51.9. The van der Waals surface area contributed by atoms with Crippen LogP contribution in [0.5, 0.6) is 0 Å². The Bertz CT molecular complexity index is 1350. The average Bonchev–Trinajstić information content (AvgIpc) is 3.28. The van der Waals surface area contributed by atoms with Crippen molar-refractivity contribution in [2.75, 3.05) is 27.2 Å². The third-order valence-electron chi connectivity index (χ3n) is 6.73. The molecule has 0 aromatic heterocycles. The van der Waals surface area contributed by atoms with Gasteiger partial charge >= 0.3 is 18.0 Å². The van der Waals surface area contributed by atoms with Crippen LogP contribution in [0, 0.1) is 0 Å². The minimum Gasteiger partial charge on any atom is -0.480 e. The monoisotopic (exact) mass is 559 g/mol. The number of amides is 2. The van der Waals surface area contributed by atoms with Crippen molar-refractivity contribution in [1.29, 1.82) is 0 Å². The first kappa shape index (κ1) is 29.3. The molecule has 0 saturated heterocycles. The molecule has 3 aromatic rings. The van der Waals surface area contributed by atoms with Crippen LogP contribution in [-0.4, -0.2) is 73.3 Å². The second-order valence-corrected chi connectivity index (χ2v) is 10.0. The second-order valence-electron chi connectivity index (χ2n) is 10.0. The number of carboxylic acids is 1. The summed E-state index contributed by atoms with van der Waals surface area (Å²) in [5.74, 6) is -3.04. The summed E-state index contributed by atoms with van der Waals surface area (Å²) < 4.78 is 10.8. The molecule has 0 saturated carbocycles. The molecule has 0 heterocycles. The topological polar surface area (TPSA) is 134 Å². The van der Waals surface area contributed by atoms with Gasteiger partial charge in [-0.2, -0.15) is 0 Å². The van der Waals surface area contributed by atoms with E-state index in [2.05, 4.69) is 10.6 Å². The van der Waals surface area contributed by atoms with Crippen LogP contribution in [-0.2, 0) is 30.5 Å². The number of nitrogens with one attached hydrogen (secondary N) is 2. The first-order valence-electron chi connectivity index (χ1n) is 13.2. The summed E-state index contributed by atoms with van der Waals surface area (Å²) in [6, 6.07) is 22.1. The van der Waals surface area contributed by atoms with Gasteiger partial charge in [0.1, 0.15) is 25.3 Å². The Morgan fingerprint density at radius 1 is 0.805 bits per heavy atom. The Labute approximate surface area is 238 Å². The minimum absolute atomic E-state index is 0.00499. The maximum Gasteiger partial charge on any atom is 0.407 e. The van der Waals surface area contributed by atoms with Gasteiger partial charge in [-0.3, -0.25) is 9.59 Å². The molecule has 0 bridgehead atoms. The van der Waals surface area contributed by atoms with E-state index in [9.17, 15) is 24.3 Å². The molecule has 3 N–H and O–H groups in total. The molecule has 0 unspecified atom stereocenters. The van der Waals surface area contributed by atoms with E-state index >= 15 is 0 Å². The molecule has 2 amide bonds. The number of alkyl carbamates (subject to hydrolysis) is 1. The first-order valence-corrected chi connectivity index (χ1v) is 13.2. The molecule has 2 atom stereocenters. The van der Waals surface area contributed by atoms with Gasteiger partial charge in [0.15, 0.2) is 0 Å². The van der Waals surface area contributed by atoms with Crippen LogP contribution < -0.4 is 10.6 Å². The lowest BCUT2D eigenvalue weighted by molar-refractivity contribution is -0.147. The van der Waals surface area contributed by atoms with Crippen LogP contribution >= 0.6 is 0 Å². The highest BCUT2D eigenvalue weighted by Gasteiger charge is 2.32. The maximum absolute atomic E-state index is 13.1. The number of carbonyl (C=O) groups excluding carboxylic acids is 3. The molecule has 10 heteroatoms. The van der Waals surface area contributed by atoms with Crippen molar-refractivity contribution in [3.8, 4) is 11.1 Å². The van der Waals surface area contributed by atoms with Crippen molar-refractivity contribution in [2.24, 2.45) is 0 Å². The number of rotatable bonds is 12. The van der Waals surface area contributed by atoms with Crippen molar-refractivity contribution in [3.05, 3.63) is 95.6 Å². The summed E-state index contributed by atoms with van der Waals surface area (Å²) in [6.07, 6.45) is -1.43. The van der Waals surface area contributed by atoms with E-state index in [4.69, 9.17) is 9.47 Å². The minimum atomic E-state index is -1.42. The molecule has 0 aliphatic heterocycles. The molecule has 0 fully saturated rings. The number of ether oxygens (including phenoxy) is 2. The summed E-state index contributed by atoms with van der Waals surface area (Å²) in [5, 5.41) is 14.4. The third-order valence-corrected chi connectivity index (χ3v) is 6.73. The number of hydrogen-bond acceptors (Lipinski definition) is 7. The molecule has 214 valence electrons. The van der Waals surface area contributed by atoms with Crippen molar-refractivity contribution in [2.45, 2.75) is 31.0 Å². The number of carbonyl (C=O) groups is 4. The maximum atomic E-state index is 13.1. The zero-order valence-corrected chi connectivity index (χ0v) is 22.9. The van der Waals surface area contributed by atoms with Gasteiger partial charge < -0.3 is 30.1 Å². The number of aliphatic carboxylic acids is 1. The van der Waals surface area contributed by atoms with Gasteiger partial charge in [-0.1, -0.05) is 78.9 Å². The Morgan fingerprint density at radius 2 is 1.39 bits per heavy atom. The van der Waals surface area contributed by atoms with E-state index in [0.717, 1.165) is 27.8 Å². The fourth-order valence-corrected chi connectivity index (χ4v) is 4.78. The molecule has 1 aliphatic carbocycles. The fraction of sp³-hybridized carbons (Fsp3) is 0.290. The van der Waals surface area contributed by atoms with Crippen LogP contribution in [0.2, 0.25) is 0 Å². The normalized spacial score (nSPS) is 13.4. The Balaban J connectivity index is 1.43. The molecule has 1 aliphatic rings. The molecular formula is C31H33N3O7. The Morgan fingerprint density at radius 3 is 1.98 bits per heavy atom. The van der Waals surface area contributed by atoms with Gasteiger partial charge in [0.25, 0.3) is 0 Å². The summed E-state index contributed by atoms with van der Waals surface area (Å²) in [5.41, 5.74) is 4.93. The highest BCUT2D eigenvalue weighted by Crippen LogP contribution is 2.44. The summed E-state index contributed by atoms with van der Waals surface area (Å²) in [6.45, 7) is -0.000435. The zero-order chi connectivity index (χ0) is 29.4. The summed E-state index contributed by atoms with van der Waals surface area (Å²) >= 11 is 0. The molecule has 0 radical (unpaired) electrons. The molecule has 3 aromatic carbocycles. The second kappa shape index (κ2) is 13.6. The number of carboxylic acid groups (broad SMARTS) is 1. The number of hydrogen-bond donors (Lipinski definition) is 3. The molecular weight excluding hydrogens is 526 g/mol. The van der Waals surface area contributed by atoms with E-state index in [-0.39, 0.29) is 25.7 Å². The van der Waals surface area contributed by atoms with Crippen molar-refractivity contribution in [1.82, 2.24) is 15.5 Å². The molecule has 0 spiro atoms. The van der Waals surface area contributed by atoms with E-state index in [1.54, 1.807) is 43.3 Å². The lowest BCUT2D eigenvalue weighted by Crippen LogP contribution is -2.54. The smallest absolute Gasteiger partial charge is 0.407 e. The highest BCUT2D eigenvalue weighted by molar-refractivity contribution is 5.92. The lowest BCUT2D eigenvalue weighted by atomic mass is 9.98. The molecule has 4 rings (SSSR count). The highest BCUT2D eigenvalue weighted by atomic mass is 16.5. The fourth-order valence-electron chi connectivity index (χ4n) is 4.78. The van der Waals surface area contributed by atoms with Crippen LogP contribution in [0.3, 0.4) is 0 Å². The van der Waals surface area contributed by atoms with Gasteiger partial charge in [0.05, 0.1) is 6.42 Å². The number of fused-ring (bicyclic) bond motifs is 3. The van der Waals surface area contributed by atoms with Gasteiger partial charge in [-0.05, 0) is 41.9 Å². The van der Waals surface area contributed by atoms with Gasteiger partial charge in [-0.15, -0.1) is 0 Å². The standard InChI is InChI=1S/C31H33N3O7/c1-34(2)17-27(30(37)38)32-29(36)26(16-28(35)40-18-20-10-4-3-5-11-20)33-31(39)41-19-25-23-14-8-6-12-21(23)22-13-7-9-15-24(22)25/h3-15,25-27H,16-19H2,1-2H3,(H,32,36)(H,33,39)(H,37,38)/t26-,27-/m0/s1. The van der Waals surface area contributed by atoms with Crippen LogP contribution in [0.1, 0.15) is 29.0 Å². The number of likely N-dealkylation sites (N-methyl/N-ethyl adjacent to an activating group) is 1. The average molecular weight is 560 g/mol. The van der Waals surface area contributed by atoms with Crippen molar-refractivity contribution >= 4 is 23.9 Å². The number of esters is 1. The van der Waals surface area contributed by atoms with Gasteiger partial charge in [-0.25, -0.2) is 9.59 Å². The largest absolute Gasteiger partial charge is 0.480 e. The van der Waals surface area contributed by atoms with E-state index in [1.807, 2.05) is 54.6 Å². The van der Waals surface area contributed by atoms with Gasteiger partial charge in [0, 0.05) is 12.5 Å². The predicted octanol–water partition coefficient (Wildman–Crippen LogP) is 3.16. The first-order chi connectivity index (χ1) is 19.7. The molecule has 41 heavy (non-hydrogen) atoms. The Kier molecular flexibility index (Phi) is 9.70. The van der Waals surface area contributed by atoms with Crippen LogP contribution in [0.15, 0.2) is 78.9 Å².